The summed E-state index contributed by atoms with van der Waals surface area (Å²) in [5.74, 6) is 0. The molecule has 0 saturated carbocycles. The maximum Gasteiger partial charge on any atom is 0.184 e. The number of hydrogen-bond donors (Lipinski definition) is 5. The van der Waals surface area contributed by atoms with E-state index in [1.807, 2.05) is 0 Å². The molecule has 1 aliphatic heterocycles. The van der Waals surface area contributed by atoms with Crippen LogP contribution >= 0.6 is 0 Å². The summed E-state index contributed by atoms with van der Waals surface area (Å²) in [6.07, 6.45) is -4.55. The molecule has 6 nitrogen and oxygen atoms in total. The van der Waals surface area contributed by atoms with Crippen molar-refractivity contribution in [3.8, 4) is 0 Å². The van der Waals surface area contributed by atoms with E-state index in [2.05, 4.69) is 4.74 Å². The summed E-state index contributed by atoms with van der Waals surface area (Å²) < 4.78 is 4.63. The molecule has 1 heterocycles. The van der Waals surface area contributed by atoms with E-state index in [0.717, 1.165) is 0 Å². The smallest absolute Gasteiger partial charge is 0.184 e. The largest absolute Gasteiger partial charge is 0.393 e. The van der Waals surface area contributed by atoms with Crippen molar-refractivity contribution in [3.63, 3.8) is 0 Å². The van der Waals surface area contributed by atoms with Crippen LogP contribution in [0.3, 0.4) is 0 Å². The maximum absolute atomic E-state index is 9.22. The van der Waals surface area contributed by atoms with Crippen molar-refractivity contribution in [2.24, 2.45) is 0 Å². The molecule has 5 N–H and O–H groups in total. The number of hydrogen-bond acceptors (Lipinski definition) is 6. The monoisotopic (exact) mass is 180 g/mol. The Bertz CT molecular complexity index is 156. The second-order valence-corrected chi connectivity index (χ2v) is 2.82. The zero-order valence-corrected chi connectivity index (χ0v) is 6.29. The predicted molar refractivity (Wildman–Crippen MR) is 36.0 cm³/mol. The summed E-state index contributed by atoms with van der Waals surface area (Å²) in [4.78, 5) is 0. The lowest BCUT2D eigenvalue weighted by Gasteiger charge is -2.26. The molecule has 0 aromatic rings. The fourth-order valence-corrected chi connectivity index (χ4v) is 1.16. The minimum atomic E-state index is -1.65. The molecule has 0 aromatic heterocycles. The van der Waals surface area contributed by atoms with Crippen molar-refractivity contribution in [1.29, 1.82) is 0 Å². The van der Waals surface area contributed by atoms with Crippen LogP contribution < -0.4 is 0 Å². The van der Waals surface area contributed by atoms with Crippen molar-refractivity contribution >= 4 is 0 Å². The van der Waals surface area contributed by atoms with Gasteiger partial charge >= 0.3 is 0 Å². The number of ether oxygens (including phenoxy) is 1. The van der Waals surface area contributed by atoms with Crippen LogP contribution in [0.2, 0.25) is 0 Å². The third-order valence-electron chi connectivity index (χ3n) is 2.05. The molecule has 0 aliphatic carbocycles. The van der Waals surface area contributed by atoms with Crippen LogP contribution in [0, 0.1) is 0 Å². The highest BCUT2D eigenvalue weighted by Gasteiger charge is 2.53. The fourth-order valence-electron chi connectivity index (χ4n) is 1.16. The number of aliphatic hydroxyl groups excluding tert-OH is 5. The molecule has 1 saturated heterocycles. The van der Waals surface area contributed by atoms with E-state index in [4.69, 9.17) is 20.4 Å². The van der Waals surface area contributed by atoms with E-state index < -0.39 is 37.3 Å². The maximum atomic E-state index is 9.22. The summed E-state index contributed by atoms with van der Waals surface area (Å²) in [7, 11) is 0. The number of rotatable bonds is 2. The van der Waals surface area contributed by atoms with E-state index >= 15 is 0 Å². The molecule has 1 aliphatic rings. The van der Waals surface area contributed by atoms with Crippen LogP contribution in [0.15, 0.2) is 0 Å². The highest BCUT2D eigenvalue weighted by atomic mass is 16.7. The van der Waals surface area contributed by atoms with Gasteiger partial charge < -0.3 is 30.3 Å². The zero-order valence-electron chi connectivity index (χ0n) is 6.29. The third kappa shape index (κ3) is 1.22. The quantitative estimate of drug-likeness (QED) is 0.306. The van der Waals surface area contributed by atoms with Gasteiger partial charge in [-0.15, -0.1) is 0 Å². The first-order valence-corrected chi connectivity index (χ1v) is 3.51. The van der Waals surface area contributed by atoms with Crippen LogP contribution in [-0.4, -0.2) is 62.8 Å². The van der Waals surface area contributed by atoms with Crippen molar-refractivity contribution in [1.82, 2.24) is 0 Å². The minimum absolute atomic E-state index is 0.668. The average molecular weight is 180 g/mol. The summed E-state index contributed by atoms with van der Waals surface area (Å²) in [5, 5.41) is 44.7. The molecule has 0 radical (unpaired) electrons. The molecule has 0 bridgehead atoms. The first-order valence-electron chi connectivity index (χ1n) is 3.51. The molecule has 0 unspecified atom stereocenters. The Morgan fingerprint density at radius 3 is 1.75 bits per heavy atom. The van der Waals surface area contributed by atoms with Crippen LogP contribution in [0.4, 0.5) is 0 Å². The zero-order chi connectivity index (χ0) is 9.35. The summed E-state index contributed by atoms with van der Waals surface area (Å²) >= 11 is 0. The van der Waals surface area contributed by atoms with Crippen molar-refractivity contribution < 1.29 is 30.3 Å². The van der Waals surface area contributed by atoms with Gasteiger partial charge in [0.15, 0.2) is 6.29 Å². The third-order valence-corrected chi connectivity index (χ3v) is 2.05. The molecule has 0 aromatic carbocycles. The second kappa shape index (κ2) is 3.25. The van der Waals surface area contributed by atoms with Crippen LogP contribution in [0.25, 0.3) is 0 Å². The van der Waals surface area contributed by atoms with Gasteiger partial charge in [0.1, 0.15) is 17.8 Å². The van der Waals surface area contributed by atoms with Crippen LogP contribution in [0.5, 0.6) is 0 Å². The van der Waals surface area contributed by atoms with E-state index in [1.165, 1.54) is 0 Å². The Morgan fingerprint density at radius 1 is 1.08 bits per heavy atom. The predicted octanol–water partition coefficient (Wildman–Crippen LogP) is -3.22. The molecule has 0 amide bonds. The highest BCUT2D eigenvalue weighted by molar-refractivity contribution is 4.98. The average Bonchev–Trinajstić information content (AvgIpc) is 2.30. The molecule has 12 heavy (non-hydrogen) atoms. The Balaban J connectivity index is 2.79. The van der Waals surface area contributed by atoms with Crippen LogP contribution in [-0.2, 0) is 4.74 Å². The topological polar surface area (TPSA) is 110 Å². The van der Waals surface area contributed by atoms with Crippen molar-refractivity contribution in [2.45, 2.75) is 24.1 Å². The fraction of sp³-hybridized carbons (Fsp3) is 1.00. The molecule has 3 atom stereocenters. The van der Waals surface area contributed by atoms with Gasteiger partial charge in [-0.25, -0.2) is 0 Å². The number of aliphatic hydroxyl groups is 5. The minimum Gasteiger partial charge on any atom is -0.393 e. The molecule has 1 fully saturated rings. The summed E-state index contributed by atoms with van der Waals surface area (Å²) in [5.41, 5.74) is -1.65. The molecule has 6 heteroatoms. The first-order chi connectivity index (χ1) is 5.57. The molecule has 0 spiro atoms. The van der Waals surface area contributed by atoms with E-state index in [-0.39, 0.29) is 0 Å². The highest BCUT2D eigenvalue weighted by Crippen LogP contribution is 2.29. The lowest BCUT2D eigenvalue weighted by Crippen LogP contribution is -2.49. The summed E-state index contributed by atoms with van der Waals surface area (Å²) in [6.45, 7) is -1.34. The molecular formula is C6H12O6. The SMILES string of the molecule is OCC1(CO)O[C@H](O)[C@H](O)[C@@H]1O. The van der Waals surface area contributed by atoms with Gasteiger partial charge in [-0.05, 0) is 0 Å². The van der Waals surface area contributed by atoms with Gasteiger partial charge in [0.2, 0.25) is 0 Å². The lowest BCUT2D eigenvalue weighted by atomic mass is 9.97. The normalized spacial score (nSPS) is 40.2. The molecule has 72 valence electrons. The Morgan fingerprint density at radius 2 is 1.58 bits per heavy atom. The van der Waals surface area contributed by atoms with E-state index in [0.29, 0.717) is 0 Å². The van der Waals surface area contributed by atoms with Crippen LogP contribution in [0.1, 0.15) is 0 Å². The van der Waals surface area contributed by atoms with Gasteiger partial charge in [0.25, 0.3) is 0 Å². The molecular weight excluding hydrogens is 168 g/mol. The second-order valence-electron chi connectivity index (χ2n) is 2.82. The van der Waals surface area contributed by atoms with Gasteiger partial charge in [-0.2, -0.15) is 0 Å². The Labute approximate surface area is 68.6 Å². The Hall–Kier alpha value is -0.240. The lowest BCUT2D eigenvalue weighted by molar-refractivity contribution is -0.187. The van der Waals surface area contributed by atoms with E-state index in [1.54, 1.807) is 0 Å². The molecule has 1 rings (SSSR count). The van der Waals surface area contributed by atoms with Gasteiger partial charge in [0, 0.05) is 0 Å². The van der Waals surface area contributed by atoms with Gasteiger partial charge in [-0.3, -0.25) is 0 Å². The summed E-state index contributed by atoms with van der Waals surface area (Å²) in [6, 6.07) is 0. The van der Waals surface area contributed by atoms with Gasteiger partial charge in [-0.1, -0.05) is 0 Å². The Kier molecular flexibility index (Phi) is 2.67. The standard InChI is InChI=1S/C6H12O6/c7-1-6(2-8)4(10)3(9)5(11)12-6/h3-5,7-11H,1-2H2/t3-,4+,5+/m1/s1. The van der Waals surface area contributed by atoms with Gasteiger partial charge in [0.05, 0.1) is 13.2 Å². The first kappa shape index (κ1) is 9.85. The van der Waals surface area contributed by atoms with Crippen molar-refractivity contribution in [2.75, 3.05) is 13.2 Å². The van der Waals surface area contributed by atoms with E-state index in [9.17, 15) is 5.11 Å². The van der Waals surface area contributed by atoms with Crippen molar-refractivity contribution in [3.05, 3.63) is 0 Å².